The van der Waals surface area contributed by atoms with Gasteiger partial charge in [-0.25, -0.2) is 0 Å². The molecule has 1 unspecified atom stereocenters. The van der Waals surface area contributed by atoms with Crippen molar-refractivity contribution >= 4 is 35.0 Å². The second-order valence-electron chi connectivity index (χ2n) is 8.88. The van der Waals surface area contributed by atoms with Crippen molar-refractivity contribution in [1.29, 1.82) is 0 Å². The summed E-state index contributed by atoms with van der Waals surface area (Å²) in [6, 6.07) is 19.0. The van der Waals surface area contributed by atoms with E-state index in [1.165, 1.54) is 0 Å². The van der Waals surface area contributed by atoms with Gasteiger partial charge in [0.2, 0.25) is 5.91 Å². The molecule has 0 fully saturated rings. The maximum atomic E-state index is 12.9. The van der Waals surface area contributed by atoms with Gasteiger partial charge in [0.05, 0.1) is 23.4 Å². The maximum Gasteiger partial charge on any atom is 0.267 e. The Balaban J connectivity index is 1.27. The number of imide groups is 1. The predicted octanol–water partition coefficient (Wildman–Crippen LogP) is 3.42. The fourth-order valence-electron chi connectivity index (χ4n) is 4.33. The van der Waals surface area contributed by atoms with Crippen LogP contribution < -0.4 is 19.7 Å². The number of aryl methyl sites for hydroxylation is 1. The molecule has 5 rings (SSSR count). The lowest BCUT2D eigenvalue weighted by molar-refractivity contribution is -0.125. The Morgan fingerprint density at radius 2 is 1.62 bits per heavy atom. The number of amides is 4. The Hall–Kier alpha value is -4.66. The molecule has 3 aromatic carbocycles. The largest absolute Gasteiger partial charge is 0.492 e. The van der Waals surface area contributed by atoms with Crippen LogP contribution in [0.5, 0.6) is 11.5 Å². The molecule has 188 valence electrons. The Kier molecular flexibility index (Phi) is 6.35. The zero-order valence-corrected chi connectivity index (χ0v) is 20.4. The SMILES string of the molecule is Cc1ccc(OCCN2C(=O)C(C)Oc3ccc(NC(=O)CN4C(=O)c5ccccc5C4=O)cc32)cc1. The molecule has 1 atom stereocenters. The van der Waals surface area contributed by atoms with Gasteiger partial charge in [0.1, 0.15) is 24.7 Å². The molecule has 3 aromatic rings. The van der Waals surface area contributed by atoms with Gasteiger partial charge in [0.25, 0.3) is 17.7 Å². The molecule has 0 aromatic heterocycles. The first-order valence-corrected chi connectivity index (χ1v) is 11.9. The van der Waals surface area contributed by atoms with Crippen LogP contribution in [0.2, 0.25) is 0 Å². The van der Waals surface area contributed by atoms with Gasteiger partial charge in [-0.2, -0.15) is 0 Å². The lowest BCUT2D eigenvalue weighted by atomic mass is 10.1. The van der Waals surface area contributed by atoms with Crippen LogP contribution in [0.25, 0.3) is 0 Å². The standard InChI is InChI=1S/C28H25N3O6/c1-17-7-10-20(11-8-17)36-14-13-30-23-15-19(9-12-24(23)37-18(2)26(30)33)29-25(32)16-31-27(34)21-5-3-4-6-22(21)28(31)35/h3-12,15,18H,13-14,16H2,1-2H3,(H,29,32). The lowest BCUT2D eigenvalue weighted by Gasteiger charge is -2.33. The van der Waals surface area contributed by atoms with Crippen LogP contribution in [-0.4, -0.2) is 54.3 Å². The molecule has 9 heteroatoms. The summed E-state index contributed by atoms with van der Waals surface area (Å²) in [5.41, 5.74) is 2.57. The number of anilines is 2. The third kappa shape index (κ3) is 4.75. The molecule has 0 radical (unpaired) electrons. The molecule has 0 bridgehead atoms. The zero-order chi connectivity index (χ0) is 26.1. The van der Waals surface area contributed by atoms with Gasteiger partial charge < -0.3 is 19.7 Å². The number of benzene rings is 3. The average Bonchev–Trinajstić information content (AvgIpc) is 3.12. The highest BCUT2D eigenvalue weighted by Crippen LogP contribution is 2.36. The van der Waals surface area contributed by atoms with Crippen LogP contribution in [-0.2, 0) is 9.59 Å². The third-order valence-corrected chi connectivity index (χ3v) is 6.24. The summed E-state index contributed by atoms with van der Waals surface area (Å²) in [6.45, 7) is 3.78. The number of carbonyl (C=O) groups excluding carboxylic acids is 4. The number of hydrogen-bond donors (Lipinski definition) is 1. The summed E-state index contributed by atoms with van der Waals surface area (Å²) in [5.74, 6) is -0.577. The number of carbonyl (C=O) groups is 4. The molecule has 2 aliphatic heterocycles. The molecule has 2 aliphatic rings. The molecular weight excluding hydrogens is 474 g/mol. The van der Waals surface area contributed by atoms with Gasteiger partial charge >= 0.3 is 0 Å². The van der Waals surface area contributed by atoms with Crippen molar-refractivity contribution in [3.63, 3.8) is 0 Å². The first kappa shape index (κ1) is 24.1. The van der Waals surface area contributed by atoms with E-state index in [4.69, 9.17) is 9.47 Å². The Labute approximate surface area is 213 Å². The van der Waals surface area contributed by atoms with E-state index in [-0.39, 0.29) is 30.2 Å². The maximum absolute atomic E-state index is 12.9. The molecule has 0 spiro atoms. The third-order valence-electron chi connectivity index (χ3n) is 6.24. The van der Waals surface area contributed by atoms with E-state index in [1.54, 1.807) is 54.3 Å². The van der Waals surface area contributed by atoms with Gasteiger partial charge in [0.15, 0.2) is 6.10 Å². The highest BCUT2D eigenvalue weighted by Gasteiger charge is 2.36. The first-order chi connectivity index (χ1) is 17.8. The monoisotopic (exact) mass is 499 g/mol. The minimum atomic E-state index is -0.666. The summed E-state index contributed by atoms with van der Waals surface area (Å²) in [7, 11) is 0. The van der Waals surface area contributed by atoms with Crippen LogP contribution in [0.15, 0.2) is 66.7 Å². The number of hydrogen-bond acceptors (Lipinski definition) is 6. The minimum Gasteiger partial charge on any atom is -0.492 e. The molecular formula is C28H25N3O6. The summed E-state index contributed by atoms with van der Waals surface area (Å²) in [6.07, 6.45) is -0.666. The zero-order valence-electron chi connectivity index (χ0n) is 20.4. The molecule has 4 amide bonds. The number of nitrogens with zero attached hydrogens (tertiary/aromatic N) is 2. The van der Waals surface area contributed by atoms with Gasteiger partial charge in [0, 0.05) is 5.69 Å². The Bertz CT molecular complexity index is 1370. The Morgan fingerprint density at radius 3 is 2.30 bits per heavy atom. The topological polar surface area (TPSA) is 105 Å². The lowest BCUT2D eigenvalue weighted by Crippen LogP contribution is -2.46. The molecule has 0 saturated carbocycles. The average molecular weight is 500 g/mol. The highest BCUT2D eigenvalue weighted by atomic mass is 16.5. The number of ether oxygens (including phenoxy) is 2. The number of fused-ring (bicyclic) bond motifs is 2. The predicted molar refractivity (Wildman–Crippen MR) is 136 cm³/mol. The van der Waals surface area contributed by atoms with Gasteiger partial charge in [-0.1, -0.05) is 29.8 Å². The van der Waals surface area contributed by atoms with Crippen molar-refractivity contribution in [2.24, 2.45) is 0 Å². The van der Waals surface area contributed by atoms with Crippen LogP contribution in [0, 0.1) is 6.92 Å². The summed E-state index contributed by atoms with van der Waals surface area (Å²) < 4.78 is 11.5. The molecule has 37 heavy (non-hydrogen) atoms. The fourth-order valence-corrected chi connectivity index (χ4v) is 4.33. The molecule has 2 heterocycles. The summed E-state index contributed by atoms with van der Waals surface area (Å²) in [5, 5.41) is 2.71. The molecule has 0 aliphatic carbocycles. The summed E-state index contributed by atoms with van der Waals surface area (Å²) >= 11 is 0. The Morgan fingerprint density at radius 1 is 0.946 bits per heavy atom. The fraction of sp³-hybridized carbons (Fsp3) is 0.214. The van der Waals surface area contributed by atoms with Gasteiger partial charge in [-0.05, 0) is 56.3 Å². The van der Waals surface area contributed by atoms with E-state index in [2.05, 4.69) is 5.32 Å². The van der Waals surface area contributed by atoms with Gasteiger partial charge in [-0.3, -0.25) is 24.1 Å². The van der Waals surface area contributed by atoms with E-state index in [1.807, 2.05) is 31.2 Å². The van der Waals surface area contributed by atoms with E-state index in [0.717, 1.165) is 10.5 Å². The first-order valence-electron chi connectivity index (χ1n) is 11.9. The van der Waals surface area contributed by atoms with Crippen molar-refractivity contribution in [3.05, 3.63) is 83.4 Å². The minimum absolute atomic E-state index is 0.227. The second-order valence-corrected chi connectivity index (χ2v) is 8.88. The van der Waals surface area contributed by atoms with Crippen molar-refractivity contribution in [3.8, 4) is 11.5 Å². The van der Waals surface area contributed by atoms with Gasteiger partial charge in [-0.15, -0.1) is 0 Å². The number of rotatable bonds is 7. The van der Waals surface area contributed by atoms with E-state index in [0.29, 0.717) is 22.9 Å². The van der Waals surface area contributed by atoms with Crippen molar-refractivity contribution in [2.45, 2.75) is 20.0 Å². The van der Waals surface area contributed by atoms with Crippen LogP contribution in [0.4, 0.5) is 11.4 Å². The normalized spacial score (nSPS) is 16.3. The van der Waals surface area contributed by atoms with E-state index >= 15 is 0 Å². The van der Waals surface area contributed by atoms with Crippen molar-refractivity contribution in [1.82, 2.24) is 4.90 Å². The van der Waals surface area contributed by atoms with Crippen LogP contribution >= 0.6 is 0 Å². The van der Waals surface area contributed by atoms with Crippen molar-refractivity contribution < 1.29 is 28.7 Å². The molecule has 9 nitrogen and oxygen atoms in total. The molecule has 0 saturated heterocycles. The van der Waals surface area contributed by atoms with Crippen LogP contribution in [0.3, 0.4) is 0 Å². The highest BCUT2D eigenvalue weighted by molar-refractivity contribution is 6.22. The van der Waals surface area contributed by atoms with Crippen LogP contribution in [0.1, 0.15) is 33.2 Å². The van der Waals surface area contributed by atoms with Crippen molar-refractivity contribution in [2.75, 3.05) is 29.9 Å². The number of nitrogens with one attached hydrogen (secondary N) is 1. The smallest absolute Gasteiger partial charge is 0.267 e. The summed E-state index contributed by atoms with van der Waals surface area (Å²) in [4.78, 5) is 53.3. The molecule has 1 N–H and O–H groups in total. The van der Waals surface area contributed by atoms with E-state index < -0.39 is 30.4 Å². The quantitative estimate of drug-likeness (QED) is 0.500. The van der Waals surface area contributed by atoms with E-state index in [9.17, 15) is 19.2 Å². The second kappa shape index (κ2) is 9.77.